The minimum absolute atomic E-state index is 0.00913. The fourth-order valence-corrected chi connectivity index (χ4v) is 4.29. The molecule has 3 aromatic rings. The smallest absolute Gasteiger partial charge is 0.300 e. The molecule has 0 radical (unpaired) electrons. The number of anilines is 1. The van der Waals surface area contributed by atoms with Crippen LogP contribution in [0, 0.1) is 5.92 Å². The Hall–Kier alpha value is -3.77. The van der Waals surface area contributed by atoms with Crippen molar-refractivity contribution in [2.45, 2.75) is 26.8 Å². The molecule has 1 aliphatic rings. The summed E-state index contributed by atoms with van der Waals surface area (Å²) in [6.45, 7) is 6.99. The zero-order valence-electron chi connectivity index (χ0n) is 20.4. The van der Waals surface area contributed by atoms with Gasteiger partial charge in [0.25, 0.3) is 11.7 Å². The quantitative estimate of drug-likeness (QED) is 0.218. The van der Waals surface area contributed by atoms with Gasteiger partial charge in [-0.3, -0.25) is 14.5 Å². The van der Waals surface area contributed by atoms with Gasteiger partial charge in [0.15, 0.2) is 0 Å². The van der Waals surface area contributed by atoms with E-state index < -0.39 is 17.7 Å². The third kappa shape index (κ3) is 5.24. The summed E-state index contributed by atoms with van der Waals surface area (Å²) in [6.07, 6.45) is 0. The number of aliphatic hydroxyl groups excluding tert-OH is 1. The van der Waals surface area contributed by atoms with Gasteiger partial charge in [-0.05, 0) is 60.9 Å². The fraction of sp³-hybridized carbons (Fsp3) is 0.241. The molecule has 3 aromatic carbocycles. The second kappa shape index (κ2) is 10.9. The minimum Gasteiger partial charge on any atom is -0.507 e. The molecule has 1 aliphatic heterocycles. The van der Waals surface area contributed by atoms with Gasteiger partial charge in [0.1, 0.15) is 17.3 Å². The topological polar surface area (TPSA) is 76.1 Å². The molecule has 1 saturated heterocycles. The average molecular weight is 506 g/mol. The molecule has 1 atom stereocenters. The predicted molar refractivity (Wildman–Crippen MR) is 141 cm³/mol. The first kappa shape index (κ1) is 25.3. The summed E-state index contributed by atoms with van der Waals surface area (Å²) in [5.41, 5.74) is 1.48. The number of rotatable bonds is 8. The lowest BCUT2D eigenvalue weighted by Gasteiger charge is -2.25. The molecule has 0 spiro atoms. The van der Waals surface area contributed by atoms with Crippen LogP contribution in [0.15, 0.2) is 78.4 Å². The van der Waals surface area contributed by atoms with Crippen molar-refractivity contribution >= 4 is 34.7 Å². The molecule has 7 heteroatoms. The molecule has 1 heterocycles. The molecule has 36 heavy (non-hydrogen) atoms. The first-order chi connectivity index (χ1) is 17.3. The molecule has 0 aliphatic carbocycles. The van der Waals surface area contributed by atoms with E-state index in [1.54, 1.807) is 72.8 Å². The van der Waals surface area contributed by atoms with Crippen molar-refractivity contribution in [3.05, 3.63) is 94.5 Å². The monoisotopic (exact) mass is 505 g/mol. The van der Waals surface area contributed by atoms with E-state index in [0.29, 0.717) is 52.5 Å². The zero-order valence-corrected chi connectivity index (χ0v) is 21.2. The van der Waals surface area contributed by atoms with Crippen molar-refractivity contribution in [2.75, 3.05) is 18.1 Å². The number of hydrogen-bond donors (Lipinski definition) is 1. The summed E-state index contributed by atoms with van der Waals surface area (Å²) < 4.78 is 11.3. The molecule has 1 unspecified atom stereocenters. The Morgan fingerprint density at radius 2 is 1.69 bits per heavy atom. The molecule has 1 N–H and O–H groups in total. The van der Waals surface area contributed by atoms with Crippen molar-refractivity contribution in [3.63, 3.8) is 0 Å². The van der Waals surface area contributed by atoms with Gasteiger partial charge in [-0.2, -0.15) is 0 Å². The fourth-order valence-electron chi connectivity index (χ4n) is 4.10. The van der Waals surface area contributed by atoms with Gasteiger partial charge < -0.3 is 14.6 Å². The van der Waals surface area contributed by atoms with Gasteiger partial charge in [0.2, 0.25) is 0 Å². The molecular formula is C29H28ClNO5. The largest absolute Gasteiger partial charge is 0.507 e. The predicted octanol–water partition coefficient (Wildman–Crippen LogP) is 6.40. The lowest BCUT2D eigenvalue weighted by Crippen LogP contribution is -2.29. The van der Waals surface area contributed by atoms with Gasteiger partial charge in [0.05, 0.1) is 24.8 Å². The maximum Gasteiger partial charge on any atom is 0.300 e. The molecule has 186 valence electrons. The number of hydrogen-bond acceptors (Lipinski definition) is 5. The number of carbonyl (C=O) groups excluding carboxylic acids is 2. The normalized spacial score (nSPS) is 17.0. The Morgan fingerprint density at radius 1 is 0.972 bits per heavy atom. The highest BCUT2D eigenvalue weighted by atomic mass is 35.5. The number of nitrogens with zero attached hydrogens (tertiary/aromatic N) is 1. The van der Waals surface area contributed by atoms with E-state index >= 15 is 0 Å². The van der Waals surface area contributed by atoms with E-state index in [1.165, 1.54) is 4.90 Å². The lowest BCUT2D eigenvalue weighted by molar-refractivity contribution is -0.132. The number of ketones is 1. The van der Waals surface area contributed by atoms with Crippen LogP contribution in [0.25, 0.3) is 5.76 Å². The highest BCUT2D eigenvalue weighted by Gasteiger charge is 2.47. The molecule has 0 saturated carbocycles. The summed E-state index contributed by atoms with van der Waals surface area (Å²) >= 11 is 6.21. The summed E-state index contributed by atoms with van der Waals surface area (Å²) in [7, 11) is 0. The Labute approximate surface area is 215 Å². The van der Waals surface area contributed by atoms with Crippen molar-refractivity contribution in [2.24, 2.45) is 5.92 Å². The summed E-state index contributed by atoms with van der Waals surface area (Å²) in [6, 6.07) is 19.9. The van der Waals surface area contributed by atoms with Crippen molar-refractivity contribution in [1.82, 2.24) is 0 Å². The standard InChI is InChI=1S/C29H28ClNO5/c1-4-35-23-13-11-19(12-14-23)26-25(27(32)20-7-5-10-24(15-20)36-17-18(2)3)28(33)29(34)31(26)22-9-6-8-21(30)16-22/h5-16,18,26,32H,4,17H2,1-3H3/b27-25+. The van der Waals surface area contributed by atoms with Crippen molar-refractivity contribution in [3.8, 4) is 11.5 Å². The van der Waals surface area contributed by atoms with Crippen molar-refractivity contribution < 1.29 is 24.2 Å². The number of halogens is 1. The van der Waals surface area contributed by atoms with Crippen LogP contribution in [0.5, 0.6) is 11.5 Å². The number of Topliss-reactive ketones (excluding diaryl/α,β-unsaturated/α-hetero) is 1. The van der Waals surface area contributed by atoms with E-state index in [-0.39, 0.29) is 11.3 Å². The molecule has 0 bridgehead atoms. The van der Waals surface area contributed by atoms with Crippen LogP contribution >= 0.6 is 11.6 Å². The summed E-state index contributed by atoms with van der Waals surface area (Å²) in [5.74, 6) is -0.244. The van der Waals surface area contributed by atoms with E-state index in [2.05, 4.69) is 0 Å². The lowest BCUT2D eigenvalue weighted by atomic mass is 9.95. The average Bonchev–Trinajstić information content (AvgIpc) is 3.13. The van der Waals surface area contributed by atoms with Gasteiger partial charge in [-0.1, -0.05) is 55.8 Å². The maximum absolute atomic E-state index is 13.3. The summed E-state index contributed by atoms with van der Waals surface area (Å²) in [4.78, 5) is 28.0. The summed E-state index contributed by atoms with van der Waals surface area (Å²) in [5, 5.41) is 11.8. The van der Waals surface area contributed by atoms with Gasteiger partial charge in [-0.25, -0.2) is 0 Å². The van der Waals surface area contributed by atoms with Gasteiger partial charge in [-0.15, -0.1) is 0 Å². The van der Waals surface area contributed by atoms with Crippen LogP contribution < -0.4 is 14.4 Å². The third-order valence-corrected chi connectivity index (χ3v) is 5.96. The Balaban J connectivity index is 1.85. The SMILES string of the molecule is CCOc1ccc(C2/C(=C(\O)c3cccc(OCC(C)C)c3)C(=O)C(=O)N2c2cccc(Cl)c2)cc1. The molecule has 4 rings (SSSR count). The van der Waals surface area contributed by atoms with Crippen LogP contribution in [0.4, 0.5) is 5.69 Å². The number of carbonyl (C=O) groups is 2. The van der Waals surface area contributed by atoms with E-state index in [9.17, 15) is 14.7 Å². The second-order valence-electron chi connectivity index (χ2n) is 8.88. The minimum atomic E-state index is -0.862. The Kier molecular flexibility index (Phi) is 7.65. The molecule has 6 nitrogen and oxygen atoms in total. The van der Waals surface area contributed by atoms with Crippen molar-refractivity contribution in [1.29, 1.82) is 0 Å². The van der Waals surface area contributed by atoms with Gasteiger partial charge >= 0.3 is 0 Å². The van der Waals surface area contributed by atoms with Crippen LogP contribution in [-0.4, -0.2) is 30.0 Å². The van der Waals surface area contributed by atoms with E-state index in [1.807, 2.05) is 20.8 Å². The van der Waals surface area contributed by atoms with Crippen LogP contribution in [-0.2, 0) is 9.59 Å². The Bertz CT molecular complexity index is 1300. The molecule has 0 aromatic heterocycles. The number of benzene rings is 3. The number of ether oxygens (including phenoxy) is 2. The zero-order chi connectivity index (χ0) is 25.8. The first-order valence-electron chi connectivity index (χ1n) is 11.8. The van der Waals surface area contributed by atoms with Gasteiger partial charge in [0, 0.05) is 16.3 Å². The molecule has 1 fully saturated rings. The highest BCUT2D eigenvalue weighted by molar-refractivity contribution is 6.51. The van der Waals surface area contributed by atoms with Crippen LogP contribution in [0.3, 0.4) is 0 Å². The van der Waals surface area contributed by atoms with Crippen LogP contribution in [0.1, 0.15) is 37.9 Å². The van der Waals surface area contributed by atoms with E-state index in [0.717, 1.165) is 0 Å². The van der Waals surface area contributed by atoms with Crippen LogP contribution in [0.2, 0.25) is 5.02 Å². The molecule has 1 amide bonds. The third-order valence-electron chi connectivity index (χ3n) is 5.73. The highest BCUT2D eigenvalue weighted by Crippen LogP contribution is 2.43. The Morgan fingerprint density at radius 3 is 2.36 bits per heavy atom. The first-order valence-corrected chi connectivity index (χ1v) is 12.2. The second-order valence-corrected chi connectivity index (χ2v) is 9.32. The maximum atomic E-state index is 13.3. The van der Waals surface area contributed by atoms with E-state index in [4.69, 9.17) is 21.1 Å². The number of aliphatic hydroxyl groups is 1. The molecular weight excluding hydrogens is 478 g/mol. The number of amides is 1.